The molecule has 0 amide bonds. The zero-order chi connectivity index (χ0) is 25.3. The average Bonchev–Trinajstić information content (AvgIpc) is 2.88. The molecule has 2 heterocycles. The summed E-state index contributed by atoms with van der Waals surface area (Å²) < 4.78 is 38.0. The Morgan fingerprint density at radius 3 is 2.33 bits per heavy atom. The second-order valence-electron chi connectivity index (χ2n) is 7.96. The lowest BCUT2D eigenvalue weighted by molar-refractivity contribution is -0.00848. The molecule has 0 spiro atoms. The highest BCUT2D eigenvalue weighted by atomic mass is 16.7. The van der Waals surface area contributed by atoms with E-state index in [0.29, 0.717) is 60.0 Å². The molecule has 4 rings (SSSR count). The van der Waals surface area contributed by atoms with Crippen molar-refractivity contribution in [3.63, 3.8) is 0 Å². The number of aromatic nitrogens is 1. The third-order valence-corrected chi connectivity index (χ3v) is 5.44. The van der Waals surface area contributed by atoms with Gasteiger partial charge in [-0.2, -0.15) is 0 Å². The van der Waals surface area contributed by atoms with E-state index in [1.807, 2.05) is 31.2 Å². The molecular formula is C27H29NO8. The summed E-state index contributed by atoms with van der Waals surface area (Å²) in [5.41, 5.74) is 2.81. The van der Waals surface area contributed by atoms with Crippen molar-refractivity contribution in [3.8, 4) is 22.6 Å². The molecular weight excluding hydrogens is 466 g/mol. The van der Waals surface area contributed by atoms with Crippen LogP contribution in [0.2, 0.25) is 0 Å². The van der Waals surface area contributed by atoms with Gasteiger partial charge in [-0.25, -0.2) is 0 Å². The van der Waals surface area contributed by atoms with Crippen LogP contribution in [-0.2, 0) is 18.9 Å². The first-order valence-electron chi connectivity index (χ1n) is 11.5. The fourth-order valence-corrected chi connectivity index (χ4v) is 3.59. The van der Waals surface area contributed by atoms with Gasteiger partial charge in [0.05, 0.1) is 42.9 Å². The van der Waals surface area contributed by atoms with Gasteiger partial charge in [-0.15, -0.1) is 0 Å². The maximum absolute atomic E-state index is 13.5. The van der Waals surface area contributed by atoms with Gasteiger partial charge >= 0.3 is 0 Å². The van der Waals surface area contributed by atoms with E-state index in [4.69, 9.17) is 32.8 Å². The molecule has 190 valence electrons. The van der Waals surface area contributed by atoms with Gasteiger partial charge in [-0.3, -0.25) is 9.78 Å². The molecule has 0 bridgehead atoms. The second kappa shape index (κ2) is 12.5. The molecule has 0 N–H and O–H groups in total. The number of fused-ring (bicyclic) bond motifs is 2. The molecule has 0 aliphatic heterocycles. The van der Waals surface area contributed by atoms with Crippen LogP contribution in [0.4, 0.5) is 0 Å². The standard InChI is InChI=1S/C27H29NO8/c1-18-4-5-19-12-22(26(14-24(19)28-18)36-17-33-11-9-31-3)23-15-34-25-13-20(6-7-21(25)27(23)29)35-16-32-10-8-30-2/h4-7,12-15H,8-11,16-17H2,1-3H3. The molecule has 0 fully saturated rings. The van der Waals surface area contributed by atoms with Crippen LogP contribution in [0.5, 0.6) is 11.5 Å². The van der Waals surface area contributed by atoms with Gasteiger partial charge in [0.25, 0.3) is 0 Å². The molecule has 0 unspecified atom stereocenters. The van der Waals surface area contributed by atoms with E-state index in [-0.39, 0.29) is 19.0 Å². The van der Waals surface area contributed by atoms with E-state index in [2.05, 4.69) is 4.98 Å². The molecule has 2 aromatic carbocycles. The molecule has 0 aliphatic rings. The maximum atomic E-state index is 13.5. The zero-order valence-electron chi connectivity index (χ0n) is 20.6. The van der Waals surface area contributed by atoms with Gasteiger partial charge < -0.3 is 32.8 Å². The van der Waals surface area contributed by atoms with E-state index >= 15 is 0 Å². The third kappa shape index (κ3) is 6.19. The van der Waals surface area contributed by atoms with Crippen LogP contribution >= 0.6 is 0 Å². The quantitative estimate of drug-likeness (QED) is 0.198. The van der Waals surface area contributed by atoms with Crippen molar-refractivity contribution in [2.24, 2.45) is 0 Å². The summed E-state index contributed by atoms with van der Waals surface area (Å²) in [6, 6.07) is 12.6. The Morgan fingerprint density at radius 1 is 0.833 bits per heavy atom. The van der Waals surface area contributed by atoms with Crippen molar-refractivity contribution in [2.75, 3.05) is 54.2 Å². The molecule has 0 aliphatic carbocycles. The van der Waals surface area contributed by atoms with Crippen molar-refractivity contribution in [3.05, 3.63) is 64.6 Å². The van der Waals surface area contributed by atoms with Crippen LogP contribution in [0.25, 0.3) is 33.0 Å². The number of methoxy groups -OCH3 is 2. The number of nitrogens with zero attached hydrogens (tertiary/aromatic N) is 1. The largest absolute Gasteiger partial charge is 0.467 e. The number of ether oxygens (including phenoxy) is 6. The van der Waals surface area contributed by atoms with Gasteiger partial charge in [-0.05, 0) is 31.2 Å². The number of rotatable bonds is 13. The monoisotopic (exact) mass is 495 g/mol. The Hall–Kier alpha value is -3.50. The molecule has 2 aromatic heterocycles. The lowest BCUT2D eigenvalue weighted by Gasteiger charge is -2.14. The van der Waals surface area contributed by atoms with E-state index in [1.165, 1.54) is 6.26 Å². The first kappa shape index (κ1) is 25.6. The average molecular weight is 496 g/mol. The molecule has 9 nitrogen and oxygen atoms in total. The highest BCUT2D eigenvalue weighted by molar-refractivity contribution is 5.90. The van der Waals surface area contributed by atoms with E-state index in [1.54, 1.807) is 32.4 Å². The van der Waals surface area contributed by atoms with Crippen molar-refractivity contribution in [1.82, 2.24) is 4.98 Å². The van der Waals surface area contributed by atoms with E-state index < -0.39 is 0 Å². The summed E-state index contributed by atoms with van der Waals surface area (Å²) in [6.45, 7) is 3.72. The molecule has 36 heavy (non-hydrogen) atoms. The molecule has 0 atom stereocenters. The minimum atomic E-state index is -0.191. The van der Waals surface area contributed by atoms with Crippen molar-refractivity contribution >= 4 is 21.9 Å². The summed E-state index contributed by atoms with van der Waals surface area (Å²) in [4.78, 5) is 18.0. The maximum Gasteiger partial charge on any atom is 0.200 e. The first-order valence-corrected chi connectivity index (χ1v) is 11.5. The Kier molecular flexibility index (Phi) is 8.85. The van der Waals surface area contributed by atoms with Crippen molar-refractivity contribution < 1.29 is 32.8 Å². The van der Waals surface area contributed by atoms with Crippen molar-refractivity contribution in [1.29, 1.82) is 0 Å². The summed E-state index contributed by atoms with van der Waals surface area (Å²) in [5.74, 6) is 0.998. The smallest absolute Gasteiger partial charge is 0.200 e. The third-order valence-electron chi connectivity index (χ3n) is 5.44. The molecule has 9 heteroatoms. The van der Waals surface area contributed by atoms with Crippen LogP contribution in [0.15, 0.2) is 57.9 Å². The van der Waals surface area contributed by atoms with Crippen LogP contribution in [0, 0.1) is 6.92 Å². The normalized spacial score (nSPS) is 11.3. The topological polar surface area (TPSA) is 98.5 Å². The SMILES string of the molecule is COCCOCOc1ccc2c(=O)c(-c3cc4ccc(C)nc4cc3OCOCCOC)coc2c1. The minimum absolute atomic E-state index is 0.000250. The summed E-state index contributed by atoms with van der Waals surface area (Å²) in [6.07, 6.45) is 1.44. The number of aryl methyl sites for hydroxylation is 1. The lowest BCUT2D eigenvalue weighted by atomic mass is 10.0. The lowest BCUT2D eigenvalue weighted by Crippen LogP contribution is -2.10. The summed E-state index contributed by atoms with van der Waals surface area (Å²) in [7, 11) is 3.20. The van der Waals surface area contributed by atoms with E-state index in [9.17, 15) is 4.79 Å². The van der Waals surface area contributed by atoms with Gasteiger partial charge in [0.2, 0.25) is 5.43 Å². The molecule has 4 aromatic rings. The number of pyridine rings is 1. The molecule has 0 saturated heterocycles. The first-order chi connectivity index (χ1) is 17.6. The van der Waals surface area contributed by atoms with Crippen LogP contribution in [0.3, 0.4) is 0 Å². The number of hydrogen-bond acceptors (Lipinski definition) is 9. The molecule has 0 saturated carbocycles. The van der Waals surface area contributed by atoms with Gasteiger partial charge in [0.1, 0.15) is 23.3 Å². The highest BCUT2D eigenvalue weighted by Crippen LogP contribution is 2.34. The van der Waals surface area contributed by atoms with E-state index in [0.717, 1.165) is 16.6 Å². The predicted molar refractivity (Wildman–Crippen MR) is 135 cm³/mol. The van der Waals surface area contributed by atoms with Crippen LogP contribution in [0.1, 0.15) is 5.69 Å². The van der Waals surface area contributed by atoms with Crippen LogP contribution < -0.4 is 14.9 Å². The fourth-order valence-electron chi connectivity index (χ4n) is 3.59. The number of hydrogen-bond donors (Lipinski definition) is 0. The summed E-state index contributed by atoms with van der Waals surface area (Å²) >= 11 is 0. The van der Waals surface area contributed by atoms with Crippen molar-refractivity contribution in [2.45, 2.75) is 6.92 Å². The number of benzene rings is 2. The molecule has 0 radical (unpaired) electrons. The van der Waals surface area contributed by atoms with Crippen LogP contribution in [-0.4, -0.2) is 59.2 Å². The Bertz CT molecular complexity index is 1370. The van der Waals surface area contributed by atoms with Gasteiger partial charge in [-0.1, -0.05) is 6.07 Å². The highest BCUT2D eigenvalue weighted by Gasteiger charge is 2.16. The summed E-state index contributed by atoms with van der Waals surface area (Å²) in [5, 5.41) is 1.30. The Morgan fingerprint density at radius 2 is 1.58 bits per heavy atom. The Balaban J connectivity index is 1.65. The predicted octanol–water partition coefficient (Wildman–Crippen LogP) is 4.32. The Labute approximate surface area is 208 Å². The second-order valence-corrected chi connectivity index (χ2v) is 7.96. The minimum Gasteiger partial charge on any atom is -0.467 e. The zero-order valence-corrected chi connectivity index (χ0v) is 20.6. The fraction of sp³-hybridized carbons (Fsp3) is 0.333. The van der Waals surface area contributed by atoms with Gasteiger partial charge in [0, 0.05) is 43.0 Å². The van der Waals surface area contributed by atoms with Gasteiger partial charge in [0.15, 0.2) is 13.6 Å².